The van der Waals surface area contributed by atoms with Gasteiger partial charge in [0.25, 0.3) is 0 Å². The Hall–Kier alpha value is -3.36. The van der Waals surface area contributed by atoms with Crippen LogP contribution in [0.5, 0.6) is 5.88 Å². The third-order valence-corrected chi connectivity index (χ3v) is 5.31. The monoisotopic (exact) mass is 424 g/mol. The molecule has 4 rings (SSSR count). The van der Waals surface area contributed by atoms with Gasteiger partial charge in [-0.2, -0.15) is 0 Å². The van der Waals surface area contributed by atoms with Gasteiger partial charge in [-0.25, -0.2) is 19.3 Å². The van der Waals surface area contributed by atoms with Gasteiger partial charge in [-0.1, -0.05) is 0 Å². The minimum Gasteiger partial charge on any atom is -0.481 e. The van der Waals surface area contributed by atoms with Crippen LogP contribution in [0.3, 0.4) is 0 Å². The predicted molar refractivity (Wildman–Crippen MR) is 117 cm³/mol. The highest BCUT2D eigenvalue weighted by Gasteiger charge is 2.31. The van der Waals surface area contributed by atoms with Gasteiger partial charge >= 0.3 is 6.09 Å². The van der Waals surface area contributed by atoms with Crippen molar-refractivity contribution >= 4 is 17.6 Å². The van der Waals surface area contributed by atoms with Crippen molar-refractivity contribution in [1.82, 2.24) is 24.5 Å². The van der Waals surface area contributed by atoms with Gasteiger partial charge in [0, 0.05) is 26.3 Å². The first kappa shape index (κ1) is 20.9. The zero-order chi connectivity index (χ0) is 22.2. The van der Waals surface area contributed by atoms with Crippen molar-refractivity contribution < 1.29 is 14.3 Å². The first-order valence-electron chi connectivity index (χ1n) is 10.3. The number of rotatable bonds is 4. The summed E-state index contributed by atoms with van der Waals surface area (Å²) < 4.78 is 12.7. The zero-order valence-electron chi connectivity index (χ0n) is 18.6. The molecule has 3 aromatic rings. The Morgan fingerprint density at radius 2 is 2.03 bits per heavy atom. The standard InChI is InChI=1S/C22H28N6O3/c1-22(2,3)31-21(29)26(4)15-10-12-27(14-15)19-9-8-18-24-13-17(28(18)25-19)16-7-6-11-23-20(16)30-5/h6-9,11,13,15H,10,12,14H2,1-5H3. The van der Waals surface area contributed by atoms with Crippen molar-refractivity contribution in [3.05, 3.63) is 36.7 Å². The van der Waals surface area contributed by atoms with E-state index >= 15 is 0 Å². The van der Waals surface area contributed by atoms with Crippen molar-refractivity contribution in [3.63, 3.8) is 0 Å². The molecule has 1 aliphatic heterocycles. The molecule has 0 N–H and O–H groups in total. The molecule has 1 amide bonds. The lowest BCUT2D eigenvalue weighted by molar-refractivity contribution is 0.0238. The molecule has 1 fully saturated rings. The van der Waals surface area contributed by atoms with Crippen LogP contribution in [0, 0.1) is 0 Å². The van der Waals surface area contributed by atoms with Crippen LogP contribution in [0.25, 0.3) is 16.9 Å². The minimum atomic E-state index is -0.512. The highest BCUT2D eigenvalue weighted by molar-refractivity contribution is 5.69. The molecule has 1 saturated heterocycles. The number of imidazole rings is 1. The number of likely N-dealkylation sites (N-methyl/N-ethyl adjacent to an activating group) is 1. The van der Waals surface area contributed by atoms with Gasteiger partial charge in [0.05, 0.1) is 30.6 Å². The van der Waals surface area contributed by atoms with Crippen LogP contribution in [-0.4, -0.2) is 69.5 Å². The molecule has 0 saturated carbocycles. The fourth-order valence-electron chi connectivity index (χ4n) is 3.71. The molecule has 0 bridgehead atoms. The Balaban J connectivity index is 1.56. The molecule has 3 aromatic heterocycles. The number of ether oxygens (including phenoxy) is 2. The summed E-state index contributed by atoms with van der Waals surface area (Å²) in [5.41, 5.74) is 1.86. The van der Waals surface area contributed by atoms with Crippen LogP contribution in [0.2, 0.25) is 0 Å². The summed E-state index contributed by atoms with van der Waals surface area (Å²) in [5, 5.41) is 4.83. The fourth-order valence-corrected chi connectivity index (χ4v) is 3.71. The average Bonchev–Trinajstić information content (AvgIpc) is 3.38. The van der Waals surface area contributed by atoms with E-state index in [-0.39, 0.29) is 12.1 Å². The van der Waals surface area contributed by atoms with Gasteiger partial charge in [-0.3, -0.25) is 0 Å². The summed E-state index contributed by atoms with van der Waals surface area (Å²) >= 11 is 0. The number of pyridine rings is 1. The van der Waals surface area contributed by atoms with Crippen molar-refractivity contribution in [2.75, 3.05) is 32.1 Å². The van der Waals surface area contributed by atoms with Gasteiger partial charge in [0.15, 0.2) is 5.65 Å². The summed E-state index contributed by atoms with van der Waals surface area (Å²) in [4.78, 5) is 25.0. The third-order valence-electron chi connectivity index (χ3n) is 5.31. The number of hydrogen-bond donors (Lipinski definition) is 0. The average molecular weight is 425 g/mol. The molecule has 1 aliphatic rings. The number of hydrogen-bond acceptors (Lipinski definition) is 7. The molecule has 0 spiro atoms. The van der Waals surface area contributed by atoms with Crippen molar-refractivity contribution in [2.24, 2.45) is 0 Å². The highest BCUT2D eigenvalue weighted by Crippen LogP contribution is 2.29. The normalized spacial score (nSPS) is 16.5. The largest absolute Gasteiger partial charge is 0.481 e. The second-order valence-corrected chi connectivity index (χ2v) is 8.64. The fraction of sp³-hybridized carbons (Fsp3) is 0.455. The molecule has 9 heteroatoms. The van der Waals surface area contributed by atoms with E-state index in [1.807, 2.05) is 45.0 Å². The maximum atomic E-state index is 12.4. The number of anilines is 1. The quantitative estimate of drug-likeness (QED) is 0.636. The van der Waals surface area contributed by atoms with E-state index < -0.39 is 5.60 Å². The van der Waals surface area contributed by atoms with Crippen molar-refractivity contribution in [1.29, 1.82) is 0 Å². The smallest absolute Gasteiger partial charge is 0.410 e. The van der Waals surface area contributed by atoms with Gasteiger partial charge in [0.1, 0.15) is 11.4 Å². The summed E-state index contributed by atoms with van der Waals surface area (Å²) in [5.74, 6) is 1.35. The Kier molecular flexibility index (Phi) is 5.43. The molecule has 0 aromatic carbocycles. The van der Waals surface area contributed by atoms with Crippen LogP contribution in [0.1, 0.15) is 27.2 Å². The van der Waals surface area contributed by atoms with E-state index in [9.17, 15) is 4.79 Å². The van der Waals surface area contributed by atoms with E-state index in [1.54, 1.807) is 36.0 Å². The number of fused-ring (bicyclic) bond motifs is 1. The maximum absolute atomic E-state index is 12.4. The number of nitrogens with zero attached hydrogens (tertiary/aromatic N) is 6. The first-order valence-corrected chi connectivity index (χ1v) is 10.3. The van der Waals surface area contributed by atoms with Crippen molar-refractivity contribution in [2.45, 2.75) is 38.8 Å². The van der Waals surface area contributed by atoms with Crippen LogP contribution in [-0.2, 0) is 4.74 Å². The van der Waals surface area contributed by atoms with Crippen LogP contribution >= 0.6 is 0 Å². The molecule has 0 aliphatic carbocycles. The lowest BCUT2D eigenvalue weighted by Gasteiger charge is -2.28. The Bertz CT molecular complexity index is 1090. The van der Waals surface area contributed by atoms with E-state index in [0.717, 1.165) is 35.7 Å². The van der Waals surface area contributed by atoms with Gasteiger partial charge in [-0.15, -0.1) is 5.10 Å². The summed E-state index contributed by atoms with van der Waals surface area (Å²) in [6, 6.07) is 7.76. The van der Waals surface area contributed by atoms with Gasteiger partial charge in [0.2, 0.25) is 5.88 Å². The molecule has 9 nitrogen and oxygen atoms in total. The van der Waals surface area contributed by atoms with Gasteiger partial charge < -0.3 is 19.3 Å². The van der Waals surface area contributed by atoms with Crippen LogP contribution < -0.4 is 9.64 Å². The molecule has 1 unspecified atom stereocenters. The van der Waals surface area contributed by atoms with E-state index in [2.05, 4.69) is 14.9 Å². The van der Waals surface area contributed by atoms with Crippen LogP contribution in [0.15, 0.2) is 36.7 Å². The lowest BCUT2D eigenvalue weighted by Crippen LogP contribution is -2.42. The number of methoxy groups -OCH3 is 1. The Morgan fingerprint density at radius 3 is 2.77 bits per heavy atom. The molecule has 1 atom stereocenters. The third kappa shape index (κ3) is 4.26. The molecule has 0 radical (unpaired) electrons. The SMILES string of the molecule is COc1ncccc1-c1cnc2ccc(N3CCC(N(C)C(=O)OC(C)(C)C)C3)nn12. The minimum absolute atomic E-state index is 0.0630. The lowest BCUT2D eigenvalue weighted by atomic mass is 10.2. The number of amides is 1. The summed E-state index contributed by atoms with van der Waals surface area (Å²) in [6.07, 6.45) is 4.01. The summed E-state index contributed by atoms with van der Waals surface area (Å²) in [6.45, 7) is 7.11. The molecule has 31 heavy (non-hydrogen) atoms. The molecule has 4 heterocycles. The first-order chi connectivity index (χ1) is 14.8. The van der Waals surface area contributed by atoms with Crippen molar-refractivity contribution in [3.8, 4) is 17.1 Å². The maximum Gasteiger partial charge on any atom is 0.410 e. The number of carbonyl (C=O) groups excluding carboxylic acids is 1. The second-order valence-electron chi connectivity index (χ2n) is 8.64. The van der Waals surface area contributed by atoms with E-state index in [4.69, 9.17) is 14.6 Å². The predicted octanol–water partition coefficient (Wildman–Crippen LogP) is 3.25. The summed E-state index contributed by atoms with van der Waals surface area (Å²) in [7, 11) is 3.39. The zero-order valence-corrected chi connectivity index (χ0v) is 18.6. The Morgan fingerprint density at radius 1 is 1.23 bits per heavy atom. The molecular weight excluding hydrogens is 396 g/mol. The molecular formula is C22H28N6O3. The number of aromatic nitrogens is 4. The van der Waals surface area contributed by atoms with Crippen LogP contribution in [0.4, 0.5) is 10.6 Å². The second kappa shape index (κ2) is 8.05. The van der Waals surface area contributed by atoms with E-state index in [1.165, 1.54) is 0 Å². The highest BCUT2D eigenvalue weighted by atomic mass is 16.6. The number of carbonyl (C=O) groups is 1. The Labute approximate surface area is 181 Å². The van der Waals surface area contributed by atoms with E-state index in [0.29, 0.717) is 12.4 Å². The molecule has 164 valence electrons. The topological polar surface area (TPSA) is 85.1 Å². The van der Waals surface area contributed by atoms with Gasteiger partial charge in [-0.05, 0) is 51.5 Å².